The van der Waals surface area contributed by atoms with Crippen molar-refractivity contribution >= 4 is 11.3 Å². The predicted octanol–water partition coefficient (Wildman–Crippen LogP) is 4.42. The number of piperidine rings is 1. The molecule has 2 rings (SSSR count). The van der Waals surface area contributed by atoms with Crippen LogP contribution >= 0.6 is 11.3 Å². The molecule has 1 aromatic rings. The van der Waals surface area contributed by atoms with Crippen molar-refractivity contribution in [3.05, 3.63) is 21.4 Å². The fourth-order valence-electron chi connectivity index (χ4n) is 3.16. The Morgan fingerprint density at radius 3 is 2.48 bits per heavy atom. The molecule has 0 amide bonds. The molecule has 0 aliphatic carbocycles. The zero-order valence-electron chi connectivity index (χ0n) is 14.4. The first-order valence-corrected chi connectivity index (χ1v) is 9.31. The van der Waals surface area contributed by atoms with E-state index in [0.717, 1.165) is 24.9 Å². The summed E-state index contributed by atoms with van der Waals surface area (Å²) in [5.74, 6) is 1.79. The second kappa shape index (κ2) is 7.75. The second-order valence-corrected chi connectivity index (χ2v) is 8.53. The summed E-state index contributed by atoms with van der Waals surface area (Å²) in [6, 6.07) is 2.98. The highest BCUT2D eigenvalue weighted by Crippen LogP contribution is 2.28. The Labute approximate surface area is 134 Å². The average Bonchev–Trinajstić information content (AvgIpc) is 2.78. The van der Waals surface area contributed by atoms with E-state index in [0.29, 0.717) is 6.04 Å². The molecule has 0 unspecified atom stereocenters. The van der Waals surface area contributed by atoms with E-state index >= 15 is 0 Å². The first-order valence-electron chi connectivity index (χ1n) is 8.49. The van der Waals surface area contributed by atoms with Gasteiger partial charge in [-0.1, -0.05) is 27.7 Å². The average molecular weight is 309 g/mol. The Bertz CT molecular complexity index is 428. The first kappa shape index (κ1) is 17.0. The predicted molar refractivity (Wildman–Crippen MR) is 93.9 cm³/mol. The third-order valence-corrected chi connectivity index (χ3v) is 5.82. The number of hydrogen-bond acceptors (Lipinski definition) is 3. The highest BCUT2D eigenvalue weighted by Gasteiger charge is 2.22. The lowest BCUT2D eigenvalue weighted by Crippen LogP contribution is -2.34. The summed E-state index contributed by atoms with van der Waals surface area (Å²) in [5.41, 5.74) is 1.54. The topological polar surface area (TPSA) is 15.3 Å². The van der Waals surface area contributed by atoms with Crippen molar-refractivity contribution < 1.29 is 0 Å². The molecule has 120 valence electrons. The van der Waals surface area contributed by atoms with Crippen molar-refractivity contribution in [2.24, 2.45) is 11.8 Å². The molecule has 0 bridgehead atoms. The fraction of sp³-hybridized carbons (Fsp3) is 0.778. The normalized spacial score (nSPS) is 18.0. The van der Waals surface area contributed by atoms with Crippen LogP contribution < -0.4 is 5.32 Å². The van der Waals surface area contributed by atoms with Crippen LogP contribution in [0.5, 0.6) is 0 Å². The van der Waals surface area contributed by atoms with Crippen LogP contribution in [0.25, 0.3) is 0 Å². The Hall–Kier alpha value is -0.380. The molecule has 0 spiro atoms. The van der Waals surface area contributed by atoms with Gasteiger partial charge in [0.15, 0.2) is 0 Å². The lowest BCUT2D eigenvalue weighted by molar-refractivity contribution is 0.152. The lowest BCUT2D eigenvalue weighted by Gasteiger charge is -2.33. The molecule has 0 atom stereocenters. The van der Waals surface area contributed by atoms with Crippen LogP contribution in [0.3, 0.4) is 0 Å². The van der Waals surface area contributed by atoms with E-state index in [4.69, 9.17) is 0 Å². The molecule has 1 aliphatic rings. The number of thiophene rings is 1. The quantitative estimate of drug-likeness (QED) is 0.836. The van der Waals surface area contributed by atoms with Crippen LogP contribution in [0, 0.1) is 18.8 Å². The second-order valence-electron chi connectivity index (χ2n) is 7.19. The Morgan fingerprint density at radius 2 is 1.90 bits per heavy atom. The van der Waals surface area contributed by atoms with Gasteiger partial charge in [-0.3, -0.25) is 4.90 Å². The summed E-state index contributed by atoms with van der Waals surface area (Å²) < 4.78 is 0. The van der Waals surface area contributed by atoms with Gasteiger partial charge in [0.1, 0.15) is 0 Å². The van der Waals surface area contributed by atoms with Crippen LogP contribution in [0.2, 0.25) is 0 Å². The van der Waals surface area contributed by atoms with Crippen molar-refractivity contribution in [2.45, 2.75) is 66.6 Å². The SMILES string of the molecule is Cc1sc(CNC(C)C)cc1CN1CCC(C(C)C)CC1. The van der Waals surface area contributed by atoms with E-state index in [1.165, 1.54) is 35.7 Å². The van der Waals surface area contributed by atoms with Crippen molar-refractivity contribution in [1.82, 2.24) is 10.2 Å². The van der Waals surface area contributed by atoms with E-state index in [1.807, 2.05) is 11.3 Å². The molecule has 1 saturated heterocycles. The zero-order valence-corrected chi connectivity index (χ0v) is 15.2. The number of rotatable bonds is 6. The molecule has 0 aromatic carbocycles. The van der Waals surface area contributed by atoms with Crippen LogP contribution in [-0.2, 0) is 13.1 Å². The molecule has 0 saturated carbocycles. The highest BCUT2D eigenvalue weighted by atomic mass is 32.1. The smallest absolute Gasteiger partial charge is 0.0302 e. The number of aryl methyl sites for hydroxylation is 1. The number of nitrogens with zero attached hydrogens (tertiary/aromatic N) is 1. The third-order valence-electron chi connectivity index (χ3n) is 4.73. The summed E-state index contributed by atoms with van der Waals surface area (Å²) in [6.07, 6.45) is 2.76. The Balaban J connectivity index is 1.86. The van der Waals surface area contributed by atoms with Crippen molar-refractivity contribution in [3.63, 3.8) is 0 Å². The maximum Gasteiger partial charge on any atom is 0.0302 e. The highest BCUT2D eigenvalue weighted by molar-refractivity contribution is 7.12. The van der Waals surface area contributed by atoms with Gasteiger partial charge in [0.2, 0.25) is 0 Å². The van der Waals surface area contributed by atoms with E-state index in [9.17, 15) is 0 Å². The Kier molecular flexibility index (Phi) is 6.27. The summed E-state index contributed by atoms with van der Waals surface area (Å²) in [4.78, 5) is 5.63. The third kappa shape index (κ3) is 5.08. The standard InChI is InChI=1S/C18H32N2S/c1-13(2)16-6-8-20(9-7-16)12-17-10-18(21-15(17)5)11-19-14(3)4/h10,13-14,16,19H,6-9,11-12H2,1-5H3. The van der Waals surface area contributed by atoms with Crippen LogP contribution in [0.4, 0.5) is 0 Å². The van der Waals surface area contributed by atoms with Gasteiger partial charge in [-0.15, -0.1) is 11.3 Å². The van der Waals surface area contributed by atoms with Gasteiger partial charge < -0.3 is 5.32 Å². The molecule has 2 heterocycles. The summed E-state index contributed by atoms with van der Waals surface area (Å²) in [6.45, 7) is 16.2. The molecular weight excluding hydrogens is 276 g/mol. The fourth-order valence-corrected chi connectivity index (χ4v) is 4.16. The summed E-state index contributed by atoms with van der Waals surface area (Å²) in [7, 11) is 0. The van der Waals surface area contributed by atoms with Gasteiger partial charge >= 0.3 is 0 Å². The molecule has 1 N–H and O–H groups in total. The van der Waals surface area contributed by atoms with Gasteiger partial charge in [0.05, 0.1) is 0 Å². The Morgan fingerprint density at radius 1 is 1.24 bits per heavy atom. The maximum absolute atomic E-state index is 3.52. The summed E-state index contributed by atoms with van der Waals surface area (Å²) >= 11 is 1.96. The molecule has 21 heavy (non-hydrogen) atoms. The van der Waals surface area contributed by atoms with Crippen molar-refractivity contribution in [3.8, 4) is 0 Å². The number of nitrogens with one attached hydrogen (secondary N) is 1. The minimum atomic E-state index is 0.561. The van der Waals surface area contributed by atoms with Crippen LogP contribution in [-0.4, -0.2) is 24.0 Å². The van der Waals surface area contributed by atoms with Gasteiger partial charge in [0, 0.05) is 28.9 Å². The molecule has 2 nitrogen and oxygen atoms in total. The largest absolute Gasteiger partial charge is 0.310 e. The minimum Gasteiger partial charge on any atom is -0.310 e. The molecule has 1 aliphatic heterocycles. The van der Waals surface area contributed by atoms with Crippen LogP contribution in [0.15, 0.2) is 6.07 Å². The van der Waals surface area contributed by atoms with Crippen molar-refractivity contribution in [1.29, 1.82) is 0 Å². The van der Waals surface area contributed by atoms with E-state index < -0.39 is 0 Å². The number of hydrogen-bond donors (Lipinski definition) is 1. The monoisotopic (exact) mass is 308 g/mol. The van der Waals surface area contributed by atoms with Gasteiger partial charge in [-0.05, 0) is 56.3 Å². The van der Waals surface area contributed by atoms with E-state index in [2.05, 4.69) is 50.9 Å². The molecule has 1 fully saturated rings. The van der Waals surface area contributed by atoms with Crippen molar-refractivity contribution in [2.75, 3.05) is 13.1 Å². The lowest BCUT2D eigenvalue weighted by atomic mass is 9.86. The van der Waals surface area contributed by atoms with E-state index in [-0.39, 0.29) is 0 Å². The minimum absolute atomic E-state index is 0.561. The van der Waals surface area contributed by atoms with E-state index in [1.54, 1.807) is 5.56 Å². The van der Waals surface area contributed by atoms with Gasteiger partial charge in [-0.25, -0.2) is 0 Å². The number of likely N-dealkylation sites (tertiary alicyclic amines) is 1. The maximum atomic E-state index is 3.52. The zero-order chi connectivity index (χ0) is 15.4. The molecular formula is C18H32N2S. The first-order chi connectivity index (χ1) is 9.95. The molecule has 3 heteroatoms. The molecule has 1 aromatic heterocycles. The van der Waals surface area contributed by atoms with Gasteiger partial charge in [-0.2, -0.15) is 0 Å². The van der Waals surface area contributed by atoms with Gasteiger partial charge in [0.25, 0.3) is 0 Å². The molecule has 0 radical (unpaired) electrons. The van der Waals surface area contributed by atoms with Crippen LogP contribution in [0.1, 0.15) is 55.9 Å². The summed E-state index contributed by atoms with van der Waals surface area (Å²) in [5, 5.41) is 3.52.